The lowest BCUT2D eigenvalue weighted by Gasteiger charge is -2.12. The summed E-state index contributed by atoms with van der Waals surface area (Å²) in [7, 11) is 0. The smallest absolute Gasteiger partial charge is 0.123 e. The molecule has 0 saturated carbocycles. The van der Waals surface area contributed by atoms with Crippen molar-refractivity contribution in [2.45, 2.75) is 12.8 Å². The average Bonchev–Trinajstić information content (AvgIpc) is 2.24. The summed E-state index contributed by atoms with van der Waals surface area (Å²) in [5.74, 6) is -0.469. The molecule has 0 heterocycles. The van der Waals surface area contributed by atoms with Gasteiger partial charge in [0.2, 0.25) is 0 Å². The summed E-state index contributed by atoms with van der Waals surface area (Å²) in [4.78, 5) is 0. The number of hydrogen-bond donors (Lipinski definition) is 0. The molecule has 0 aromatic heterocycles. The maximum atomic E-state index is 13.3. The highest BCUT2D eigenvalue weighted by Gasteiger charge is 2.15. The Labute approximate surface area is 95.4 Å². The van der Waals surface area contributed by atoms with Gasteiger partial charge in [0.15, 0.2) is 0 Å². The maximum Gasteiger partial charge on any atom is 0.123 e. The first kappa shape index (κ1) is 10.6. The van der Waals surface area contributed by atoms with Crippen molar-refractivity contribution in [3.05, 3.63) is 52.0 Å². The number of allylic oxidation sites excluding steroid dienone is 4. The third-order valence-electron chi connectivity index (χ3n) is 2.24. The van der Waals surface area contributed by atoms with E-state index >= 15 is 0 Å². The van der Waals surface area contributed by atoms with Crippen molar-refractivity contribution in [2.24, 2.45) is 0 Å². The maximum absolute atomic E-state index is 13.3. The van der Waals surface area contributed by atoms with Crippen LogP contribution in [-0.4, -0.2) is 0 Å². The van der Waals surface area contributed by atoms with E-state index in [-0.39, 0.29) is 11.6 Å². The number of benzene rings is 1. The summed E-state index contributed by atoms with van der Waals surface area (Å²) in [6.07, 6.45) is 4.03. The molecule has 1 aromatic rings. The van der Waals surface area contributed by atoms with Crippen molar-refractivity contribution in [1.29, 1.82) is 0 Å². The van der Waals surface area contributed by atoms with E-state index in [2.05, 4.69) is 22.0 Å². The minimum Gasteiger partial charge on any atom is -0.211 e. The Morgan fingerprint density at radius 2 is 1.80 bits per heavy atom. The lowest BCUT2D eigenvalue weighted by atomic mass is 9.99. The highest BCUT2D eigenvalue weighted by atomic mass is 79.9. The first-order valence-electron chi connectivity index (χ1n) is 4.60. The molecular formula is C12H8BrF2. The molecule has 3 heteroatoms. The molecule has 0 saturated heterocycles. The molecule has 0 spiro atoms. The molecular weight excluding hydrogens is 262 g/mol. The zero-order valence-electron chi connectivity index (χ0n) is 7.86. The van der Waals surface area contributed by atoms with E-state index in [1.165, 1.54) is 12.1 Å². The van der Waals surface area contributed by atoms with Gasteiger partial charge in [-0.3, -0.25) is 0 Å². The van der Waals surface area contributed by atoms with Crippen LogP contribution in [0.4, 0.5) is 8.78 Å². The van der Waals surface area contributed by atoms with Crippen LogP contribution in [0.2, 0.25) is 0 Å². The van der Waals surface area contributed by atoms with Crippen LogP contribution in [0.1, 0.15) is 18.4 Å². The Kier molecular flexibility index (Phi) is 3.00. The van der Waals surface area contributed by atoms with Crippen molar-refractivity contribution in [3.63, 3.8) is 0 Å². The predicted octanol–water partition coefficient (Wildman–Crippen LogP) is 4.38. The average molecular weight is 270 g/mol. The van der Waals surface area contributed by atoms with Crippen LogP contribution >= 0.6 is 15.9 Å². The Bertz CT molecular complexity index is 429. The van der Waals surface area contributed by atoms with E-state index in [9.17, 15) is 8.78 Å². The summed E-state index contributed by atoms with van der Waals surface area (Å²) in [6, 6.07) is 5.96. The SMILES string of the molecule is FC1=C(Br)C(c2ccc(F)cc2)=[C]CC1. The molecule has 0 bridgehead atoms. The predicted molar refractivity (Wildman–Crippen MR) is 59.3 cm³/mol. The molecule has 0 unspecified atom stereocenters. The minimum atomic E-state index is -0.296. The molecule has 77 valence electrons. The lowest BCUT2D eigenvalue weighted by molar-refractivity contribution is 0.585. The van der Waals surface area contributed by atoms with Crippen molar-refractivity contribution in [1.82, 2.24) is 0 Å². The number of rotatable bonds is 1. The molecule has 1 aliphatic rings. The second-order valence-corrected chi connectivity index (χ2v) is 4.07. The van der Waals surface area contributed by atoms with Crippen LogP contribution in [-0.2, 0) is 0 Å². The van der Waals surface area contributed by atoms with E-state index in [0.29, 0.717) is 22.9 Å². The van der Waals surface area contributed by atoms with Gasteiger partial charge in [-0.25, -0.2) is 8.78 Å². The van der Waals surface area contributed by atoms with Gasteiger partial charge in [-0.15, -0.1) is 0 Å². The third kappa shape index (κ3) is 2.17. The van der Waals surface area contributed by atoms with E-state index in [1.807, 2.05) is 0 Å². The van der Waals surface area contributed by atoms with Gasteiger partial charge >= 0.3 is 0 Å². The fourth-order valence-corrected chi connectivity index (χ4v) is 2.03. The van der Waals surface area contributed by atoms with Gasteiger partial charge in [0, 0.05) is 12.0 Å². The monoisotopic (exact) mass is 269 g/mol. The van der Waals surface area contributed by atoms with Crippen LogP contribution in [0.15, 0.2) is 34.6 Å². The molecule has 1 aromatic carbocycles. The van der Waals surface area contributed by atoms with Crippen LogP contribution in [0.3, 0.4) is 0 Å². The van der Waals surface area contributed by atoms with Gasteiger partial charge < -0.3 is 0 Å². The molecule has 0 nitrogen and oxygen atoms in total. The highest BCUT2D eigenvalue weighted by Crippen LogP contribution is 2.36. The lowest BCUT2D eigenvalue weighted by Crippen LogP contribution is -1.94. The fraction of sp³-hybridized carbons (Fsp3) is 0.167. The number of hydrogen-bond acceptors (Lipinski definition) is 0. The summed E-state index contributed by atoms with van der Waals surface area (Å²) in [5, 5.41) is 0. The second-order valence-electron chi connectivity index (χ2n) is 3.28. The third-order valence-corrected chi connectivity index (χ3v) is 3.06. The zero-order chi connectivity index (χ0) is 10.8. The molecule has 0 aliphatic heterocycles. The summed E-state index contributed by atoms with van der Waals surface area (Å²) in [6.45, 7) is 0. The Morgan fingerprint density at radius 1 is 1.13 bits per heavy atom. The van der Waals surface area contributed by atoms with Gasteiger partial charge in [-0.1, -0.05) is 12.1 Å². The van der Waals surface area contributed by atoms with Gasteiger partial charge in [0.25, 0.3) is 0 Å². The van der Waals surface area contributed by atoms with Crippen molar-refractivity contribution in [2.75, 3.05) is 0 Å². The number of halogens is 3. The van der Waals surface area contributed by atoms with Gasteiger partial charge in [-0.2, -0.15) is 0 Å². The highest BCUT2D eigenvalue weighted by molar-refractivity contribution is 9.12. The van der Waals surface area contributed by atoms with E-state index in [4.69, 9.17) is 0 Å². The van der Waals surface area contributed by atoms with Gasteiger partial charge in [-0.05, 0) is 46.1 Å². The van der Waals surface area contributed by atoms with Crippen LogP contribution in [0, 0.1) is 11.9 Å². The van der Waals surface area contributed by atoms with E-state index in [0.717, 1.165) is 5.56 Å². The van der Waals surface area contributed by atoms with Crippen molar-refractivity contribution in [3.8, 4) is 0 Å². The zero-order valence-corrected chi connectivity index (χ0v) is 9.44. The molecule has 0 fully saturated rings. The molecule has 2 rings (SSSR count). The first-order chi connectivity index (χ1) is 7.18. The quantitative estimate of drug-likeness (QED) is 0.710. The molecule has 0 atom stereocenters. The topological polar surface area (TPSA) is 0 Å². The Hall–Kier alpha value is -0.960. The molecule has 15 heavy (non-hydrogen) atoms. The summed E-state index contributed by atoms with van der Waals surface area (Å²) < 4.78 is 26.4. The molecule has 1 aliphatic carbocycles. The first-order valence-corrected chi connectivity index (χ1v) is 5.39. The van der Waals surface area contributed by atoms with Crippen LogP contribution < -0.4 is 0 Å². The van der Waals surface area contributed by atoms with E-state index in [1.54, 1.807) is 12.1 Å². The van der Waals surface area contributed by atoms with Crippen molar-refractivity contribution >= 4 is 21.5 Å². The normalized spacial score (nSPS) is 16.6. The largest absolute Gasteiger partial charge is 0.211 e. The van der Waals surface area contributed by atoms with Crippen LogP contribution in [0.5, 0.6) is 0 Å². The van der Waals surface area contributed by atoms with Crippen molar-refractivity contribution < 1.29 is 8.78 Å². The molecule has 0 N–H and O–H groups in total. The Balaban J connectivity index is 2.40. The van der Waals surface area contributed by atoms with Gasteiger partial charge in [0.05, 0.1) is 4.48 Å². The molecule has 0 amide bonds. The summed E-state index contributed by atoms with van der Waals surface area (Å²) >= 11 is 3.19. The molecule has 1 radical (unpaired) electrons. The van der Waals surface area contributed by atoms with Gasteiger partial charge in [0.1, 0.15) is 11.6 Å². The minimum absolute atomic E-state index is 0.173. The van der Waals surface area contributed by atoms with E-state index < -0.39 is 0 Å². The fourth-order valence-electron chi connectivity index (χ4n) is 1.47. The Morgan fingerprint density at radius 3 is 2.47 bits per heavy atom. The standard InChI is InChI=1S/C12H8BrF2/c13-12-10(2-1-3-11(12)15)8-4-6-9(14)7-5-8/h4-7H,1,3H2. The second kappa shape index (κ2) is 4.27. The van der Waals surface area contributed by atoms with Crippen LogP contribution in [0.25, 0.3) is 5.57 Å². The summed E-state index contributed by atoms with van der Waals surface area (Å²) in [5.41, 5.74) is 1.46.